The van der Waals surface area contributed by atoms with Crippen LogP contribution in [0.25, 0.3) is 0 Å². The number of hydrogen-bond donors (Lipinski definition) is 0. The molecule has 0 amide bonds. The van der Waals surface area contributed by atoms with Crippen molar-refractivity contribution in [2.24, 2.45) is 0 Å². The van der Waals surface area contributed by atoms with Gasteiger partial charge in [0, 0.05) is 12.4 Å². The number of nitrogens with zero attached hydrogens (tertiary/aromatic N) is 2. The van der Waals surface area contributed by atoms with Gasteiger partial charge in [-0.2, -0.15) is 5.10 Å². The second kappa shape index (κ2) is 3.75. The molecule has 4 nitrogen and oxygen atoms in total. The van der Waals surface area contributed by atoms with Crippen molar-refractivity contribution in [3.8, 4) is 0 Å². The van der Waals surface area contributed by atoms with E-state index in [2.05, 4.69) is 5.10 Å². The average molecular weight is 154 g/mol. The number of aromatic nitrogens is 2. The van der Waals surface area contributed by atoms with Crippen LogP contribution >= 0.6 is 0 Å². The Kier molecular flexibility index (Phi) is 2.66. The van der Waals surface area contributed by atoms with E-state index >= 15 is 0 Å². The number of carbonyl (C=O) groups excluding carboxylic acids is 1. The Balaban J connectivity index is 2.37. The SMILES string of the molecule is CCOC(=O)Cn1cccn1. The number of esters is 1. The van der Waals surface area contributed by atoms with Crippen LogP contribution in [0.4, 0.5) is 0 Å². The molecule has 1 aromatic rings. The highest BCUT2D eigenvalue weighted by atomic mass is 16.5. The molecule has 0 aliphatic rings. The number of carbonyl (C=O) groups is 1. The quantitative estimate of drug-likeness (QED) is 0.593. The van der Waals surface area contributed by atoms with Crippen molar-refractivity contribution >= 4 is 5.97 Å². The molecule has 1 rings (SSSR count). The summed E-state index contributed by atoms with van der Waals surface area (Å²) in [5.74, 6) is -0.254. The predicted octanol–water partition coefficient (Wildman–Crippen LogP) is 0.446. The summed E-state index contributed by atoms with van der Waals surface area (Å²) >= 11 is 0. The first kappa shape index (κ1) is 7.78. The zero-order chi connectivity index (χ0) is 8.10. The third kappa shape index (κ3) is 2.41. The molecule has 0 spiro atoms. The van der Waals surface area contributed by atoms with Gasteiger partial charge in [0.2, 0.25) is 0 Å². The van der Waals surface area contributed by atoms with Crippen molar-refractivity contribution in [3.05, 3.63) is 18.5 Å². The minimum Gasteiger partial charge on any atom is -0.465 e. The number of rotatable bonds is 3. The summed E-state index contributed by atoms with van der Waals surface area (Å²) in [5, 5.41) is 3.85. The van der Waals surface area contributed by atoms with Crippen LogP contribution in [-0.4, -0.2) is 22.4 Å². The van der Waals surface area contributed by atoms with E-state index in [1.807, 2.05) is 0 Å². The molecule has 0 N–H and O–H groups in total. The van der Waals surface area contributed by atoms with Crippen molar-refractivity contribution in [3.63, 3.8) is 0 Å². The van der Waals surface area contributed by atoms with Crippen molar-refractivity contribution in [2.75, 3.05) is 6.61 Å². The Bertz CT molecular complexity index is 218. The Hall–Kier alpha value is -1.32. The van der Waals surface area contributed by atoms with Crippen LogP contribution in [0.5, 0.6) is 0 Å². The van der Waals surface area contributed by atoms with Gasteiger partial charge in [-0.05, 0) is 13.0 Å². The van der Waals surface area contributed by atoms with Crippen molar-refractivity contribution in [1.29, 1.82) is 0 Å². The van der Waals surface area contributed by atoms with Crippen LogP contribution in [0, 0.1) is 0 Å². The molecule has 0 bridgehead atoms. The van der Waals surface area contributed by atoms with E-state index in [0.717, 1.165) is 0 Å². The summed E-state index contributed by atoms with van der Waals surface area (Å²) in [7, 11) is 0. The van der Waals surface area contributed by atoms with E-state index in [1.165, 1.54) is 4.68 Å². The van der Waals surface area contributed by atoms with Gasteiger partial charge in [-0.15, -0.1) is 0 Å². The normalized spacial score (nSPS) is 9.55. The molecule has 0 aliphatic carbocycles. The third-order valence-electron chi connectivity index (χ3n) is 1.16. The van der Waals surface area contributed by atoms with Crippen LogP contribution in [0.2, 0.25) is 0 Å². The van der Waals surface area contributed by atoms with Gasteiger partial charge in [-0.1, -0.05) is 0 Å². The van der Waals surface area contributed by atoms with Gasteiger partial charge < -0.3 is 4.74 Å². The molecule has 0 aromatic carbocycles. The molecular weight excluding hydrogens is 144 g/mol. The largest absolute Gasteiger partial charge is 0.465 e. The van der Waals surface area contributed by atoms with Gasteiger partial charge in [0.25, 0.3) is 0 Å². The highest BCUT2D eigenvalue weighted by Crippen LogP contribution is 1.86. The van der Waals surface area contributed by atoms with E-state index in [0.29, 0.717) is 6.61 Å². The molecule has 0 fully saturated rings. The Morgan fingerprint density at radius 1 is 1.73 bits per heavy atom. The maximum absolute atomic E-state index is 10.8. The lowest BCUT2D eigenvalue weighted by atomic mass is 10.6. The smallest absolute Gasteiger partial charge is 0.327 e. The zero-order valence-electron chi connectivity index (χ0n) is 6.36. The first-order valence-corrected chi connectivity index (χ1v) is 3.46. The van der Waals surface area contributed by atoms with E-state index in [-0.39, 0.29) is 12.5 Å². The first-order chi connectivity index (χ1) is 5.33. The maximum atomic E-state index is 10.8. The van der Waals surface area contributed by atoms with Crippen LogP contribution in [0.15, 0.2) is 18.5 Å². The van der Waals surface area contributed by atoms with Crippen molar-refractivity contribution < 1.29 is 9.53 Å². The molecule has 60 valence electrons. The highest BCUT2D eigenvalue weighted by molar-refractivity contribution is 5.68. The first-order valence-electron chi connectivity index (χ1n) is 3.46. The van der Waals surface area contributed by atoms with Crippen LogP contribution in [0.3, 0.4) is 0 Å². The molecular formula is C7H10N2O2. The molecule has 0 saturated carbocycles. The van der Waals surface area contributed by atoms with E-state index in [9.17, 15) is 4.79 Å². The van der Waals surface area contributed by atoms with Gasteiger partial charge in [-0.3, -0.25) is 9.48 Å². The summed E-state index contributed by atoms with van der Waals surface area (Å²) in [5.41, 5.74) is 0. The number of ether oxygens (including phenoxy) is 1. The van der Waals surface area contributed by atoms with Gasteiger partial charge in [0.05, 0.1) is 6.61 Å². The predicted molar refractivity (Wildman–Crippen MR) is 38.9 cm³/mol. The molecule has 1 aromatic heterocycles. The summed E-state index contributed by atoms with van der Waals surface area (Å²) in [6, 6.07) is 1.76. The van der Waals surface area contributed by atoms with Crippen LogP contribution in [-0.2, 0) is 16.1 Å². The molecule has 0 atom stereocenters. The monoisotopic (exact) mass is 154 g/mol. The van der Waals surface area contributed by atoms with Gasteiger partial charge in [0.1, 0.15) is 6.54 Å². The molecule has 0 radical (unpaired) electrons. The topological polar surface area (TPSA) is 44.1 Å². The van der Waals surface area contributed by atoms with E-state index in [4.69, 9.17) is 4.74 Å². The van der Waals surface area contributed by atoms with Gasteiger partial charge >= 0.3 is 5.97 Å². The summed E-state index contributed by atoms with van der Waals surface area (Å²) in [6.07, 6.45) is 3.34. The molecule has 1 heterocycles. The van der Waals surface area contributed by atoms with Gasteiger partial charge in [0.15, 0.2) is 0 Å². The minimum atomic E-state index is -0.254. The maximum Gasteiger partial charge on any atom is 0.327 e. The molecule has 4 heteroatoms. The standard InChI is InChI=1S/C7H10N2O2/c1-2-11-7(10)6-9-5-3-4-8-9/h3-5H,2,6H2,1H3. The Labute approximate surface area is 64.8 Å². The third-order valence-corrected chi connectivity index (χ3v) is 1.16. The van der Waals surface area contributed by atoms with E-state index < -0.39 is 0 Å². The van der Waals surface area contributed by atoms with Gasteiger partial charge in [-0.25, -0.2) is 0 Å². The van der Waals surface area contributed by atoms with Crippen molar-refractivity contribution in [2.45, 2.75) is 13.5 Å². The fourth-order valence-corrected chi connectivity index (χ4v) is 0.733. The lowest BCUT2D eigenvalue weighted by Crippen LogP contribution is -2.13. The minimum absolute atomic E-state index is 0.195. The highest BCUT2D eigenvalue weighted by Gasteiger charge is 2.01. The van der Waals surface area contributed by atoms with E-state index in [1.54, 1.807) is 25.4 Å². The molecule has 0 saturated heterocycles. The second-order valence-electron chi connectivity index (χ2n) is 2.01. The van der Waals surface area contributed by atoms with Crippen LogP contribution < -0.4 is 0 Å². The van der Waals surface area contributed by atoms with Crippen molar-refractivity contribution in [1.82, 2.24) is 9.78 Å². The second-order valence-corrected chi connectivity index (χ2v) is 2.01. The lowest BCUT2D eigenvalue weighted by molar-refractivity contribution is -0.144. The molecule has 0 aliphatic heterocycles. The summed E-state index contributed by atoms with van der Waals surface area (Å²) in [6.45, 7) is 2.39. The van der Waals surface area contributed by atoms with Crippen LogP contribution in [0.1, 0.15) is 6.92 Å². The fraction of sp³-hybridized carbons (Fsp3) is 0.429. The molecule has 11 heavy (non-hydrogen) atoms. The lowest BCUT2D eigenvalue weighted by Gasteiger charge is -2.00. The summed E-state index contributed by atoms with van der Waals surface area (Å²) in [4.78, 5) is 10.8. The zero-order valence-corrected chi connectivity index (χ0v) is 6.36. The fourth-order valence-electron chi connectivity index (χ4n) is 0.733. The Morgan fingerprint density at radius 2 is 2.55 bits per heavy atom. The number of hydrogen-bond acceptors (Lipinski definition) is 3. The average Bonchev–Trinajstić information content (AvgIpc) is 2.40. The summed E-state index contributed by atoms with van der Waals surface area (Å²) < 4.78 is 6.24. The molecule has 0 unspecified atom stereocenters. The Morgan fingerprint density at radius 3 is 3.09 bits per heavy atom.